The number of hydrazine groups is 1. The first-order chi connectivity index (χ1) is 10.8. The van der Waals surface area contributed by atoms with E-state index in [9.17, 15) is 0 Å². The number of rotatable bonds is 2. The van der Waals surface area contributed by atoms with Crippen molar-refractivity contribution in [3.05, 3.63) is 60.4 Å². The summed E-state index contributed by atoms with van der Waals surface area (Å²) < 4.78 is 9.06. The Kier molecular flexibility index (Phi) is 2.86. The molecule has 0 saturated heterocycles. The van der Waals surface area contributed by atoms with E-state index in [1.807, 2.05) is 64.0 Å². The Labute approximate surface area is 127 Å². The molecule has 2 heterocycles. The molecular weight excluding hydrogens is 278 g/mol. The first kappa shape index (κ1) is 12.6. The first-order valence-electron chi connectivity index (χ1n) is 6.89. The highest BCUT2D eigenvalue weighted by atomic mass is 16.5. The fourth-order valence-corrected chi connectivity index (χ4v) is 2.47. The largest absolute Gasteiger partial charge is 0.497 e. The Morgan fingerprint density at radius 1 is 1.14 bits per heavy atom. The van der Waals surface area contributed by atoms with E-state index in [-0.39, 0.29) is 0 Å². The monoisotopic (exact) mass is 292 g/mol. The summed E-state index contributed by atoms with van der Waals surface area (Å²) in [5.74, 6) is 1.52. The van der Waals surface area contributed by atoms with Crippen LogP contribution in [0.25, 0.3) is 5.69 Å². The molecular formula is C16H14N5O+. The average molecular weight is 292 g/mol. The van der Waals surface area contributed by atoms with Crippen molar-refractivity contribution in [1.29, 1.82) is 0 Å². The Balaban J connectivity index is 1.81. The fourth-order valence-electron chi connectivity index (χ4n) is 2.47. The summed E-state index contributed by atoms with van der Waals surface area (Å²) in [6.45, 7) is 0. The van der Waals surface area contributed by atoms with E-state index in [0.717, 1.165) is 22.7 Å². The van der Waals surface area contributed by atoms with Crippen LogP contribution in [0.1, 0.15) is 5.56 Å². The Morgan fingerprint density at radius 3 is 2.77 bits per heavy atom. The zero-order chi connectivity index (χ0) is 14.9. The third kappa shape index (κ3) is 2.01. The molecule has 0 spiro atoms. The van der Waals surface area contributed by atoms with E-state index < -0.39 is 0 Å². The number of nitrogens with zero attached hydrogens (tertiary/aromatic N) is 4. The fraction of sp³-hybridized carbons (Fsp3) is 0.0625. The lowest BCUT2D eigenvalue weighted by Crippen LogP contribution is -2.24. The topological polar surface area (TPSA) is 55.0 Å². The van der Waals surface area contributed by atoms with Crippen LogP contribution in [0.4, 0.5) is 11.6 Å². The Bertz CT molecular complexity index is 851. The standard InChI is InChI=1S/C16H14N5O/c1-22-13-8-6-12(7-9-13)10-21-15-5-3-2-4-14(15)20-11-17-18-16(20)19-21/h2-11H,1H3,(H,18,19)/q+1/b21-10-. The van der Waals surface area contributed by atoms with Gasteiger partial charge < -0.3 is 4.74 Å². The van der Waals surface area contributed by atoms with Gasteiger partial charge in [0.25, 0.3) is 11.6 Å². The summed E-state index contributed by atoms with van der Waals surface area (Å²) in [4.78, 5) is 0. The summed E-state index contributed by atoms with van der Waals surface area (Å²) in [6.07, 6.45) is 3.71. The van der Waals surface area contributed by atoms with Crippen molar-refractivity contribution in [3.8, 4) is 11.4 Å². The molecule has 0 atom stereocenters. The van der Waals surface area contributed by atoms with Gasteiger partial charge in [0.15, 0.2) is 0 Å². The van der Waals surface area contributed by atoms with Gasteiger partial charge in [-0.1, -0.05) is 16.8 Å². The van der Waals surface area contributed by atoms with E-state index in [2.05, 4.69) is 15.6 Å². The van der Waals surface area contributed by atoms with Gasteiger partial charge in [0, 0.05) is 11.6 Å². The van der Waals surface area contributed by atoms with E-state index in [4.69, 9.17) is 4.74 Å². The number of hydrazone groups is 1. The van der Waals surface area contributed by atoms with Gasteiger partial charge in [0.2, 0.25) is 6.21 Å². The lowest BCUT2D eigenvalue weighted by Gasteiger charge is -2.15. The van der Waals surface area contributed by atoms with Crippen molar-refractivity contribution in [2.45, 2.75) is 0 Å². The third-order valence-electron chi connectivity index (χ3n) is 3.56. The molecule has 0 bridgehead atoms. The van der Waals surface area contributed by atoms with Gasteiger partial charge in [-0.2, -0.15) is 0 Å². The number of hydrogen-bond donors (Lipinski definition) is 1. The van der Waals surface area contributed by atoms with Crippen LogP contribution < -0.4 is 10.2 Å². The molecule has 1 N–H and O–H groups in total. The van der Waals surface area contributed by atoms with Crippen molar-refractivity contribution in [2.75, 3.05) is 12.5 Å². The van der Waals surface area contributed by atoms with Crippen LogP contribution in [-0.2, 0) is 0 Å². The van der Waals surface area contributed by atoms with Gasteiger partial charge in [-0.05, 0) is 30.3 Å². The highest BCUT2D eigenvalue weighted by Crippen LogP contribution is 2.29. The zero-order valence-electron chi connectivity index (χ0n) is 12.0. The molecule has 108 valence electrons. The van der Waals surface area contributed by atoms with E-state index in [0.29, 0.717) is 5.95 Å². The number of benzene rings is 2. The molecule has 0 aliphatic carbocycles. The summed E-state index contributed by atoms with van der Waals surface area (Å²) >= 11 is 0. The van der Waals surface area contributed by atoms with E-state index in [1.54, 1.807) is 13.4 Å². The molecule has 22 heavy (non-hydrogen) atoms. The molecule has 1 aliphatic heterocycles. The molecule has 1 aliphatic rings. The van der Waals surface area contributed by atoms with Gasteiger partial charge in [0.05, 0.1) is 7.11 Å². The number of methoxy groups -OCH3 is 1. The summed E-state index contributed by atoms with van der Waals surface area (Å²) in [6, 6.07) is 16.0. The van der Waals surface area contributed by atoms with Crippen molar-refractivity contribution in [1.82, 2.24) is 14.8 Å². The van der Waals surface area contributed by atoms with Crippen LogP contribution in [0.2, 0.25) is 0 Å². The van der Waals surface area contributed by atoms with Gasteiger partial charge in [0.1, 0.15) is 17.8 Å². The number of para-hydroxylation sites is 2. The van der Waals surface area contributed by atoms with Crippen LogP contribution in [-0.4, -0.2) is 32.8 Å². The third-order valence-corrected chi connectivity index (χ3v) is 3.56. The lowest BCUT2D eigenvalue weighted by atomic mass is 10.2. The van der Waals surface area contributed by atoms with Gasteiger partial charge >= 0.3 is 0 Å². The molecule has 0 radical (unpaired) electrons. The number of anilines is 1. The number of fused-ring (bicyclic) bond motifs is 3. The molecule has 4 rings (SSSR count). The molecule has 0 saturated carbocycles. The highest BCUT2D eigenvalue weighted by molar-refractivity contribution is 5.78. The zero-order valence-corrected chi connectivity index (χ0v) is 12.0. The maximum absolute atomic E-state index is 5.19. The molecule has 0 amide bonds. The van der Waals surface area contributed by atoms with Crippen molar-refractivity contribution in [2.24, 2.45) is 0 Å². The van der Waals surface area contributed by atoms with Crippen molar-refractivity contribution >= 4 is 17.9 Å². The molecule has 1 aromatic heterocycles. The molecule has 6 nitrogen and oxygen atoms in total. The minimum atomic E-state index is 0.684. The molecule has 6 heteroatoms. The number of aromatic nitrogens is 3. The number of ether oxygens (including phenoxy) is 1. The summed E-state index contributed by atoms with van der Waals surface area (Å²) in [5.41, 5.74) is 6.36. The lowest BCUT2D eigenvalue weighted by molar-refractivity contribution is -0.401. The van der Waals surface area contributed by atoms with Crippen molar-refractivity contribution in [3.63, 3.8) is 0 Å². The molecule has 3 aromatic rings. The number of nitrogens with one attached hydrogen (secondary N) is 1. The van der Waals surface area contributed by atoms with Gasteiger partial charge in [-0.3, -0.25) is 4.57 Å². The summed E-state index contributed by atoms with van der Waals surface area (Å²) in [5, 5.41) is 8.06. The van der Waals surface area contributed by atoms with Gasteiger partial charge in [-0.25, -0.2) is 0 Å². The Morgan fingerprint density at radius 2 is 1.95 bits per heavy atom. The molecule has 0 fully saturated rings. The minimum Gasteiger partial charge on any atom is -0.497 e. The quantitative estimate of drug-likeness (QED) is 0.737. The smallest absolute Gasteiger partial charge is 0.284 e. The number of hydrogen-bond acceptors (Lipinski definition) is 4. The van der Waals surface area contributed by atoms with Crippen LogP contribution >= 0.6 is 0 Å². The van der Waals surface area contributed by atoms with Crippen LogP contribution in [0.3, 0.4) is 0 Å². The second kappa shape index (κ2) is 5.00. The van der Waals surface area contributed by atoms with Crippen molar-refractivity contribution < 1.29 is 9.42 Å². The predicted octanol–water partition coefficient (Wildman–Crippen LogP) is 2.38. The first-order valence-corrected chi connectivity index (χ1v) is 6.89. The maximum atomic E-state index is 5.19. The SMILES string of the molecule is COc1ccc(/C=[N+]2\Nc3nncn3-c3ccccc32)cc1. The van der Waals surface area contributed by atoms with E-state index >= 15 is 0 Å². The van der Waals surface area contributed by atoms with Gasteiger partial charge in [-0.15, -0.1) is 15.6 Å². The van der Waals surface area contributed by atoms with Crippen LogP contribution in [0.15, 0.2) is 54.9 Å². The normalized spacial score (nSPS) is 14.1. The van der Waals surface area contributed by atoms with Crippen LogP contribution in [0.5, 0.6) is 5.75 Å². The molecule has 0 unspecified atom stereocenters. The Hall–Kier alpha value is -3.15. The minimum absolute atomic E-state index is 0.684. The predicted molar refractivity (Wildman–Crippen MR) is 83.1 cm³/mol. The summed E-state index contributed by atoms with van der Waals surface area (Å²) in [7, 11) is 1.66. The average Bonchev–Trinajstić information content (AvgIpc) is 3.04. The maximum Gasteiger partial charge on any atom is 0.284 e. The highest BCUT2D eigenvalue weighted by Gasteiger charge is 2.26. The second-order valence-electron chi connectivity index (χ2n) is 4.90. The van der Waals surface area contributed by atoms with E-state index in [1.165, 1.54) is 0 Å². The second-order valence-corrected chi connectivity index (χ2v) is 4.90. The molecule has 2 aromatic carbocycles. The van der Waals surface area contributed by atoms with Crippen LogP contribution in [0, 0.1) is 0 Å².